The van der Waals surface area contributed by atoms with Crippen LogP contribution in [0, 0.1) is 0 Å². The Balaban J connectivity index is 3.03. The van der Waals surface area contributed by atoms with Gasteiger partial charge in [-0.15, -0.1) is 0 Å². The number of nitrogens with one attached hydrogen (secondary N) is 2. The number of carboxylic acid groups (broad SMARTS) is 1. The van der Waals surface area contributed by atoms with Gasteiger partial charge in [0.25, 0.3) is 5.91 Å². The third-order valence-electron chi connectivity index (χ3n) is 2.95. The molecule has 0 saturated heterocycles. The number of hydrogen-bond donors (Lipinski definition) is 3. The van der Waals surface area contributed by atoms with E-state index in [0.717, 1.165) is 0 Å². The Morgan fingerprint density at radius 1 is 1.35 bits per heavy atom. The number of carboxylic acids is 1. The predicted molar refractivity (Wildman–Crippen MR) is 85.8 cm³/mol. The molecule has 0 aliphatic carbocycles. The van der Waals surface area contributed by atoms with Gasteiger partial charge in [-0.25, -0.2) is 0 Å². The molecule has 126 valence electrons. The van der Waals surface area contributed by atoms with E-state index in [1.54, 1.807) is 13.0 Å². The molecule has 3 N–H and O–H groups in total. The Morgan fingerprint density at radius 2 is 2.00 bits per heavy atom. The van der Waals surface area contributed by atoms with Gasteiger partial charge < -0.3 is 20.5 Å². The second-order valence-electron chi connectivity index (χ2n) is 5.39. The number of halogens is 1. The molecule has 23 heavy (non-hydrogen) atoms. The molecule has 7 nitrogen and oxygen atoms in total. The summed E-state index contributed by atoms with van der Waals surface area (Å²) in [7, 11) is 1.41. The largest absolute Gasteiger partial charge is 0.481 e. The van der Waals surface area contributed by atoms with Gasteiger partial charge >= 0.3 is 5.97 Å². The van der Waals surface area contributed by atoms with E-state index < -0.39 is 17.4 Å². The standard InChI is InChI=1S/C15H19ClN2O5/c1-9(19)17-10-4-5-12(16)11(6-10)14(22)18-15(2,8-23-3)7-13(20)21/h4-6H,7-8H2,1-3H3,(H,17,19)(H,18,22)(H,20,21). The first-order valence-corrected chi connectivity index (χ1v) is 7.15. The highest BCUT2D eigenvalue weighted by molar-refractivity contribution is 6.34. The zero-order chi connectivity index (χ0) is 17.6. The van der Waals surface area contributed by atoms with Crippen LogP contribution >= 0.6 is 11.6 Å². The number of benzene rings is 1. The summed E-state index contributed by atoms with van der Waals surface area (Å²) in [5.74, 6) is -1.90. The number of amides is 2. The van der Waals surface area contributed by atoms with E-state index >= 15 is 0 Å². The SMILES string of the molecule is COCC(C)(CC(=O)O)NC(=O)c1cc(NC(C)=O)ccc1Cl. The lowest BCUT2D eigenvalue weighted by molar-refractivity contribution is -0.139. The summed E-state index contributed by atoms with van der Waals surface area (Å²) in [4.78, 5) is 34.5. The van der Waals surface area contributed by atoms with Crippen molar-refractivity contribution in [2.45, 2.75) is 25.8 Å². The highest BCUT2D eigenvalue weighted by Gasteiger charge is 2.30. The number of rotatable bonds is 7. The van der Waals surface area contributed by atoms with Crippen LogP contribution in [0.2, 0.25) is 5.02 Å². The van der Waals surface area contributed by atoms with Crippen LogP contribution < -0.4 is 10.6 Å². The highest BCUT2D eigenvalue weighted by atomic mass is 35.5. The number of hydrogen-bond acceptors (Lipinski definition) is 4. The molecule has 0 aliphatic rings. The van der Waals surface area contributed by atoms with Gasteiger partial charge in [0, 0.05) is 19.7 Å². The summed E-state index contributed by atoms with van der Waals surface area (Å²) in [6.45, 7) is 2.93. The van der Waals surface area contributed by atoms with Crippen LogP contribution in [0.25, 0.3) is 0 Å². The Morgan fingerprint density at radius 3 is 2.52 bits per heavy atom. The molecule has 0 aromatic heterocycles. The van der Waals surface area contributed by atoms with Crippen molar-refractivity contribution < 1.29 is 24.2 Å². The first-order valence-electron chi connectivity index (χ1n) is 6.77. The second kappa shape index (κ2) is 7.94. The van der Waals surface area contributed by atoms with Gasteiger partial charge in [0.1, 0.15) is 0 Å². The summed E-state index contributed by atoms with van der Waals surface area (Å²) >= 11 is 6.02. The first-order chi connectivity index (χ1) is 10.7. The Labute approximate surface area is 139 Å². The van der Waals surface area contributed by atoms with E-state index in [2.05, 4.69) is 10.6 Å². The smallest absolute Gasteiger partial charge is 0.305 e. The van der Waals surface area contributed by atoms with E-state index in [9.17, 15) is 14.4 Å². The lowest BCUT2D eigenvalue weighted by Gasteiger charge is -2.28. The maximum Gasteiger partial charge on any atom is 0.305 e. The van der Waals surface area contributed by atoms with Crippen LogP contribution in [0.5, 0.6) is 0 Å². The second-order valence-corrected chi connectivity index (χ2v) is 5.80. The van der Waals surface area contributed by atoms with Gasteiger partial charge in [0.2, 0.25) is 5.91 Å². The zero-order valence-electron chi connectivity index (χ0n) is 13.1. The van der Waals surface area contributed by atoms with Crippen molar-refractivity contribution in [3.63, 3.8) is 0 Å². The maximum atomic E-state index is 12.4. The summed E-state index contributed by atoms with van der Waals surface area (Å²) in [6, 6.07) is 4.46. The first kappa shape index (κ1) is 18.9. The minimum absolute atomic E-state index is 0.0219. The average molecular weight is 343 g/mol. The normalized spacial score (nSPS) is 13.0. The molecule has 0 radical (unpaired) electrons. The quantitative estimate of drug-likeness (QED) is 0.702. The van der Waals surface area contributed by atoms with Crippen LogP contribution in [0.3, 0.4) is 0 Å². The van der Waals surface area contributed by atoms with Crippen molar-refractivity contribution in [2.24, 2.45) is 0 Å². The minimum atomic E-state index is -1.09. The average Bonchev–Trinajstić information content (AvgIpc) is 2.39. The number of carbonyl (C=O) groups excluding carboxylic acids is 2. The number of anilines is 1. The van der Waals surface area contributed by atoms with Gasteiger partial charge in [-0.2, -0.15) is 0 Å². The fourth-order valence-electron chi connectivity index (χ4n) is 2.11. The molecule has 0 bridgehead atoms. The Bertz CT molecular complexity index is 620. The fraction of sp³-hybridized carbons (Fsp3) is 0.400. The highest BCUT2D eigenvalue weighted by Crippen LogP contribution is 2.22. The van der Waals surface area contributed by atoms with Gasteiger partial charge in [-0.3, -0.25) is 14.4 Å². The molecule has 2 amide bonds. The summed E-state index contributed by atoms with van der Waals surface area (Å²) < 4.78 is 4.98. The van der Waals surface area contributed by atoms with Crippen molar-refractivity contribution in [3.05, 3.63) is 28.8 Å². The third-order valence-corrected chi connectivity index (χ3v) is 3.28. The molecule has 8 heteroatoms. The van der Waals surface area contributed by atoms with Crippen LogP contribution in [-0.2, 0) is 14.3 Å². The van der Waals surface area contributed by atoms with Crippen molar-refractivity contribution in [3.8, 4) is 0 Å². The van der Waals surface area contributed by atoms with Crippen molar-refractivity contribution in [1.29, 1.82) is 0 Å². The lowest BCUT2D eigenvalue weighted by Crippen LogP contribution is -2.50. The van der Waals surface area contributed by atoms with Crippen molar-refractivity contribution in [1.82, 2.24) is 5.32 Å². The Hall–Kier alpha value is -2.12. The molecule has 0 saturated carbocycles. The van der Waals surface area contributed by atoms with Gasteiger partial charge in [-0.05, 0) is 25.1 Å². The molecule has 0 fully saturated rings. The predicted octanol–water partition coefficient (Wildman–Crippen LogP) is 1.91. The molecule has 0 spiro atoms. The number of methoxy groups -OCH3 is 1. The summed E-state index contributed by atoms with van der Waals surface area (Å²) in [5.41, 5.74) is -0.547. The van der Waals surface area contributed by atoms with E-state index in [-0.39, 0.29) is 29.5 Å². The zero-order valence-corrected chi connectivity index (χ0v) is 13.9. The van der Waals surface area contributed by atoms with Crippen LogP contribution in [0.1, 0.15) is 30.6 Å². The van der Waals surface area contributed by atoms with Gasteiger partial charge in [0.15, 0.2) is 0 Å². The number of aliphatic carboxylic acids is 1. The minimum Gasteiger partial charge on any atom is -0.481 e. The fourth-order valence-corrected chi connectivity index (χ4v) is 2.31. The van der Waals surface area contributed by atoms with Crippen LogP contribution in [-0.4, -0.2) is 42.1 Å². The topological polar surface area (TPSA) is 105 Å². The molecular formula is C15H19ClN2O5. The molecule has 1 atom stereocenters. The number of ether oxygens (including phenoxy) is 1. The van der Waals surface area contributed by atoms with E-state index in [0.29, 0.717) is 5.69 Å². The molecule has 1 rings (SSSR count). The number of carbonyl (C=O) groups is 3. The summed E-state index contributed by atoms with van der Waals surface area (Å²) in [6.07, 6.45) is -0.310. The van der Waals surface area contributed by atoms with E-state index in [1.807, 2.05) is 0 Å². The van der Waals surface area contributed by atoms with E-state index in [1.165, 1.54) is 26.2 Å². The summed E-state index contributed by atoms with van der Waals surface area (Å²) in [5, 5.41) is 14.3. The van der Waals surface area contributed by atoms with E-state index in [4.69, 9.17) is 21.4 Å². The molecular weight excluding hydrogens is 324 g/mol. The van der Waals surface area contributed by atoms with Crippen molar-refractivity contribution in [2.75, 3.05) is 19.0 Å². The monoisotopic (exact) mass is 342 g/mol. The van der Waals surface area contributed by atoms with Crippen molar-refractivity contribution >= 4 is 35.1 Å². The van der Waals surface area contributed by atoms with Gasteiger partial charge in [-0.1, -0.05) is 11.6 Å². The molecule has 1 unspecified atom stereocenters. The third kappa shape index (κ3) is 5.88. The van der Waals surface area contributed by atoms with Gasteiger partial charge in [0.05, 0.1) is 29.2 Å². The van der Waals surface area contributed by atoms with Crippen LogP contribution in [0.4, 0.5) is 5.69 Å². The molecule has 1 aromatic rings. The molecule has 1 aromatic carbocycles. The maximum absolute atomic E-state index is 12.4. The molecule has 0 aliphatic heterocycles. The molecule has 0 heterocycles. The van der Waals surface area contributed by atoms with Crippen LogP contribution in [0.15, 0.2) is 18.2 Å². The lowest BCUT2D eigenvalue weighted by atomic mass is 9.98. The Kier molecular flexibility index (Phi) is 6.53.